The van der Waals surface area contributed by atoms with Gasteiger partial charge in [-0.15, -0.1) is 0 Å². The Morgan fingerprint density at radius 2 is 2.28 bits per heavy atom. The second-order valence-electron chi connectivity index (χ2n) is 3.70. The van der Waals surface area contributed by atoms with E-state index in [-0.39, 0.29) is 17.9 Å². The molecule has 0 fully saturated rings. The number of ether oxygens (including phenoxy) is 1. The second kappa shape index (κ2) is 6.53. The van der Waals surface area contributed by atoms with Crippen LogP contribution in [0.1, 0.15) is 36.5 Å². The molecule has 18 heavy (non-hydrogen) atoms. The Bertz CT molecular complexity index is 448. The molecule has 1 aromatic rings. The number of carbonyl (C=O) groups is 1. The molecular weight excluding hydrogens is 238 g/mol. The third kappa shape index (κ3) is 3.41. The second-order valence-corrected chi connectivity index (χ2v) is 3.70. The van der Waals surface area contributed by atoms with E-state index in [1.54, 1.807) is 0 Å². The minimum Gasteiger partial charge on any atom is -0.462 e. The number of nitrogens with two attached hydrogens (primary N) is 1. The number of anilines is 1. The summed E-state index contributed by atoms with van der Waals surface area (Å²) >= 11 is 0. The number of rotatable bonds is 6. The van der Waals surface area contributed by atoms with Gasteiger partial charge in [0.15, 0.2) is 0 Å². The molecule has 2 N–H and O–H groups in total. The molecule has 0 bridgehead atoms. The molecule has 0 aliphatic rings. The van der Waals surface area contributed by atoms with Crippen molar-refractivity contribution in [1.29, 1.82) is 0 Å². The highest BCUT2D eigenvalue weighted by Crippen LogP contribution is 2.22. The molecule has 0 amide bonds. The van der Waals surface area contributed by atoms with Gasteiger partial charge in [-0.1, -0.05) is 19.8 Å². The Morgan fingerprint density at radius 1 is 1.56 bits per heavy atom. The van der Waals surface area contributed by atoms with Gasteiger partial charge in [-0.05, 0) is 22.4 Å². The predicted octanol–water partition coefficient (Wildman–Crippen LogP) is 1.92. The molecule has 1 rings (SSSR count). The van der Waals surface area contributed by atoms with Gasteiger partial charge in [-0.3, -0.25) is 0 Å². The summed E-state index contributed by atoms with van der Waals surface area (Å²) < 4.78 is 4.98. The molecule has 7 heteroatoms. The van der Waals surface area contributed by atoms with Crippen molar-refractivity contribution in [3.63, 3.8) is 0 Å². The van der Waals surface area contributed by atoms with E-state index in [0.29, 0.717) is 0 Å². The first kappa shape index (κ1) is 13.9. The first-order valence-corrected chi connectivity index (χ1v) is 5.64. The minimum atomic E-state index is -0.733. The number of aromatic nitrogens is 1. The van der Waals surface area contributed by atoms with E-state index >= 15 is 0 Å². The summed E-state index contributed by atoms with van der Waals surface area (Å²) in [6, 6.07) is 1.31. The number of hydrogen-bond acceptors (Lipinski definition) is 6. The molecule has 0 unspecified atom stereocenters. The van der Waals surface area contributed by atoms with E-state index in [0.717, 1.165) is 25.5 Å². The molecular formula is C11H15N3O4. The number of nitrogen functional groups attached to an aromatic ring is 1. The fourth-order valence-electron chi connectivity index (χ4n) is 1.38. The minimum absolute atomic E-state index is 0.0202. The van der Waals surface area contributed by atoms with Crippen LogP contribution in [-0.2, 0) is 4.74 Å². The number of carbonyl (C=O) groups excluding carboxylic acids is 1. The van der Waals surface area contributed by atoms with Crippen LogP contribution < -0.4 is 5.73 Å². The lowest BCUT2D eigenvalue weighted by molar-refractivity contribution is -0.388. The highest BCUT2D eigenvalue weighted by molar-refractivity contribution is 5.96. The lowest BCUT2D eigenvalue weighted by Crippen LogP contribution is -2.11. The van der Waals surface area contributed by atoms with Gasteiger partial charge in [0.2, 0.25) is 0 Å². The van der Waals surface area contributed by atoms with Crippen LogP contribution >= 0.6 is 0 Å². The van der Waals surface area contributed by atoms with Crippen LogP contribution in [0.5, 0.6) is 0 Å². The van der Waals surface area contributed by atoms with Crippen LogP contribution in [0.15, 0.2) is 12.3 Å². The zero-order chi connectivity index (χ0) is 13.5. The fourth-order valence-corrected chi connectivity index (χ4v) is 1.38. The maximum Gasteiger partial charge on any atom is 0.387 e. The molecule has 0 saturated carbocycles. The van der Waals surface area contributed by atoms with E-state index in [4.69, 9.17) is 10.5 Å². The molecule has 7 nitrogen and oxygen atoms in total. The lowest BCUT2D eigenvalue weighted by Gasteiger charge is -2.06. The van der Waals surface area contributed by atoms with Gasteiger partial charge >= 0.3 is 11.8 Å². The zero-order valence-corrected chi connectivity index (χ0v) is 10.1. The van der Waals surface area contributed by atoms with Gasteiger partial charge in [-0.25, -0.2) is 4.79 Å². The van der Waals surface area contributed by atoms with Crippen LogP contribution in [0.4, 0.5) is 11.5 Å². The summed E-state index contributed by atoms with van der Waals surface area (Å²) in [7, 11) is 0. The number of esters is 1. The average molecular weight is 253 g/mol. The van der Waals surface area contributed by atoms with Crippen molar-refractivity contribution in [3.05, 3.63) is 27.9 Å². The topological polar surface area (TPSA) is 108 Å². The van der Waals surface area contributed by atoms with Crippen molar-refractivity contribution >= 4 is 17.5 Å². The van der Waals surface area contributed by atoms with Crippen molar-refractivity contribution in [1.82, 2.24) is 4.98 Å². The third-order valence-corrected chi connectivity index (χ3v) is 2.34. The van der Waals surface area contributed by atoms with Gasteiger partial charge in [0.05, 0.1) is 12.2 Å². The molecule has 0 aliphatic heterocycles. The third-order valence-electron chi connectivity index (χ3n) is 2.34. The molecule has 98 valence electrons. The summed E-state index contributed by atoms with van der Waals surface area (Å²) in [6.07, 6.45) is 3.89. The summed E-state index contributed by atoms with van der Waals surface area (Å²) in [5.74, 6) is -1.19. The van der Waals surface area contributed by atoms with Crippen molar-refractivity contribution in [3.8, 4) is 0 Å². The molecule has 0 aromatic carbocycles. The van der Waals surface area contributed by atoms with Crippen LogP contribution in [0.25, 0.3) is 0 Å². The predicted molar refractivity (Wildman–Crippen MR) is 65.1 cm³/mol. The van der Waals surface area contributed by atoms with Gasteiger partial charge in [0.1, 0.15) is 11.9 Å². The van der Waals surface area contributed by atoms with E-state index in [9.17, 15) is 14.9 Å². The Kier molecular flexibility index (Phi) is 5.04. The van der Waals surface area contributed by atoms with Gasteiger partial charge in [-0.2, -0.15) is 0 Å². The summed E-state index contributed by atoms with van der Waals surface area (Å²) in [5, 5.41) is 10.6. The number of pyridine rings is 1. The summed E-state index contributed by atoms with van der Waals surface area (Å²) in [4.78, 5) is 25.0. The maximum absolute atomic E-state index is 11.7. The van der Waals surface area contributed by atoms with Crippen LogP contribution in [-0.4, -0.2) is 22.5 Å². The van der Waals surface area contributed by atoms with E-state index in [1.165, 1.54) is 6.07 Å². The van der Waals surface area contributed by atoms with Crippen molar-refractivity contribution < 1.29 is 14.5 Å². The van der Waals surface area contributed by atoms with Gasteiger partial charge < -0.3 is 20.6 Å². The number of unbranched alkanes of at least 4 members (excludes halogenated alkanes) is 2. The Morgan fingerprint density at radius 3 is 2.89 bits per heavy atom. The van der Waals surface area contributed by atoms with Crippen molar-refractivity contribution in [2.45, 2.75) is 26.2 Å². The van der Waals surface area contributed by atoms with Gasteiger partial charge in [0, 0.05) is 0 Å². The SMILES string of the molecule is CCCCCOC(=O)c1ccnc([N+](=O)[O-])c1N. The van der Waals surface area contributed by atoms with Crippen molar-refractivity contribution in [2.75, 3.05) is 12.3 Å². The number of hydrogen-bond donors (Lipinski definition) is 1. The molecule has 0 spiro atoms. The molecule has 0 saturated heterocycles. The van der Waals surface area contributed by atoms with E-state index < -0.39 is 16.7 Å². The standard InChI is InChI=1S/C11H15N3O4/c1-2-3-4-7-18-11(15)8-5-6-13-10(9(8)12)14(16)17/h5-6H,2-4,7,12H2,1H3. The Hall–Kier alpha value is -2.18. The monoisotopic (exact) mass is 253 g/mol. The quantitative estimate of drug-likeness (QED) is 0.359. The molecule has 1 aromatic heterocycles. The molecule has 0 atom stereocenters. The largest absolute Gasteiger partial charge is 0.462 e. The number of nitro groups is 1. The Balaban J connectivity index is 2.74. The molecule has 0 aliphatic carbocycles. The highest BCUT2D eigenvalue weighted by atomic mass is 16.6. The first-order valence-electron chi connectivity index (χ1n) is 5.64. The van der Waals surface area contributed by atoms with Gasteiger partial charge in [0.25, 0.3) is 0 Å². The molecule has 0 radical (unpaired) electrons. The smallest absolute Gasteiger partial charge is 0.387 e. The van der Waals surface area contributed by atoms with Crippen LogP contribution in [0.3, 0.4) is 0 Å². The summed E-state index contributed by atoms with van der Waals surface area (Å²) in [5.41, 5.74) is 5.23. The Labute approximate surface area is 104 Å². The highest BCUT2D eigenvalue weighted by Gasteiger charge is 2.21. The van der Waals surface area contributed by atoms with E-state index in [2.05, 4.69) is 4.98 Å². The van der Waals surface area contributed by atoms with Crippen molar-refractivity contribution in [2.24, 2.45) is 0 Å². The molecule has 1 heterocycles. The van der Waals surface area contributed by atoms with E-state index in [1.807, 2.05) is 6.92 Å². The average Bonchev–Trinajstić information content (AvgIpc) is 2.34. The zero-order valence-electron chi connectivity index (χ0n) is 10.1. The van der Waals surface area contributed by atoms with Crippen LogP contribution in [0.2, 0.25) is 0 Å². The number of nitrogens with zero attached hydrogens (tertiary/aromatic N) is 2. The van der Waals surface area contributed by atoms with Crippen LogP contribution in [0, 0.1) is 10.1 Å². The normalized spacial score (nSPS) is 10.1. The first-order chi connectivity index (χ1) is 8.57. The fraction of sp³-hybridized carbons (Fsp3) is 0.455. The lowest BCUT2D eigenvalue weighted by atomic mass is 10.2. The maximum atomic E-state index is 11.7. The summed E-state index contributed by atoms with van der Waals surface area (Å²) in [6.45, 7) is 2.31.